The summed E-state index contributed by atoms with van der Waals surface area (Å²) in [6.45, 7) is 5.36. The first kappa shape index (κ1) is 40.3. The minimum Gasteiger partial charge on any atom is -0.463 e. The summed E-state index contributed by atoms with van der Waals surface area (Å²) in [6.07, 6.45) is 10.1. The second-order valence-corrected chi connectivity index (χ2v) is 14.1. The molecule has 1 aliphatic carbocycles. The predicted molar refractivity (Wildman–Crippen MR) is 202 cm³/mol. The molecule has 0 saturated carbocycles. The zero-order valence-corrected chi connectivity index (χ0v) is 31.2. The predicted octanol–water partition coefficient (Wildman–Crippen LogP) is 3.73. The minimum absolute atomic E-state index is 0.0462. The standard InChI is InChI=1S/C28H37N7O4.C5H8INO3S/c1-3-4-15-30-27-33-24(29)23-25(34-27)35(28(38)32-23)17-19-10-12-20(13-11-19)26(37)31-16-22(36)39-21-8-6-5-7-18(2)9-14-21;6-11-2-1-10-5(9)3-7-4-8/h6,8,10-13,18,21H,3-5,7,9,14-17H2,1-2H3,(H,31,37)(H,32,38)(H3,29,30,33,34);4H,1-3H2,(H,7,8)/b8-6+;. The van der Waals surface area contributed by atoms with E-state index in [0.29, 0.717) is 48.2 Å². The minimum atomic E-state index is -0.466. The van der Waals surface area contributed by atoms with Crippen LogP contribution in [0.4, 0.5) is 11.8 Å². The van der Waals surface area contributed by atoms with Gasteiger partial charge in [0.2, 0.25) is 12.4 Å². The number of allylic oxidation sites excluding steroid dienone is 1. The zero-order chi connectivity index (χ0) is 36.3. The maximum absolute atomic E-state index is 12.6. The van der Waals surface area contributed by atoms with E-state index >= 15 is 0 Å². The van der Waals surface area contributed by atoms with Crippen molar-refractivity contribution in [2.24, 2.45) is 5.92 Å². The number of hydrogen-bond donors (Lipinski definition) is 5. The molecule has 3 aromatic rings. The van der Waals surface area contributed by atoms with E-state index in [2.05, 4.69) is 72.0 Å². The fourth-order valence-electron chi connectivity index (χ4n) is 4.84. The quantitative estimate of drug-likeness (QED) is 0.0460. The monoisotopic (exact) mass is 824 g/mol. The van der Waals surface area contributed by atoms with Crippen LogP contribution in [0.15, 0.2) is 41.2 Å². The third-order valence-corrected chi connectivity index (χ3v) is 9.21. The lowest BCUT2D eigenvalue weighted by molar-refractivity contribution is -0.146. The highest BCUT2D eigenvalue weighted by Gasteiger charge is 2.17. The van der Waals surface area contributed by atoms with Gasteiger partial charge >= 0.3 is 17.6 Å². The normalized spacial score (nSPS) is 16.1. The maximum atomic E-state index is 12.6. The van der Waals surface area contributed by atoms with Gasteiger partial charge in [0.25, 0.3) is 5.91 Å². The summed E-state index contributed by atoms with van der Waals surface area (Å²) >= 11 is 2.12. The van der Waals surface area contributed by atoms with Crippen LogP contribution in [-0.2, 0) is 30.4 Å². The lowest BCUT2D eigenvalue weighted by Gasteiger charge is -2.19. The number of anilines is 2. The summed E-state index contributed by atoms with van der Waals surface area (Å²) in [5.74, 6) is 0.687. The molecule has 2 unspecified atom stereocenters. The van der Waals surface area contributed by atoms with Crippen LogP contribution in [-0.4, -0.2) is 81.9 Å². The van der Waals surface area contributed by atoms with Gasteiger partial charge in [-0.15, -0.1) is 0 Å². The molecule has 17 heteroatoms. The number of halogens is 1. The number of amides is 2. The van der Waals surface area contributed by atoms with Crippen molar-refractivity contribution < 1.29 is 28.7 Å². The van der Waals surface area contributed by atoms with Gasteiger partial charge in [-0.25, -0.2) is 4.79 Å². The van der Waals surface area contributed by atoms with Gasteiger partial charge in [-0.1, -0.05) is 47.4 Å². The van der Waals surface area contributed by atoms with E-state index in [1.165, 1.54) is 4.57 Å². The molecule has 6 N–H and O–H groups in total. The molecule has 1 aromatic carbocycles. The van der Waals surface area contributed by atoms with Gasteiger partial charge in [0, 0.05) is 17.9 Å². The second kappa shape index (κ2) is 21.8. The summed E-state index contributed by atoms with van der Waals surface area (Å²) in [7, 11) is 1.57. The number of carbonyl (C=O) groups is 4. The van der Waals surface area contributed by atoms with Crippen molar-refractivity contribution in [2.75, 3.05) is 43.0 Å². The van der Waals surface area contributed by atoms with Gasteiger partial charge in [0.1, 0.15) is 31.3 Å². The van der Waals surface area contributed by atoms with Crippen LogP contribution in [0.3, 0.4) is 0 Å². The smallest absolute Gasteiger partial charge is 0.328 e. The van der Waals surface area contributed by atoms with Gasteiger partial charge in [0.05, 0.1) is 6.54 Å². The Hall–Kier alpha value is -4.13. The van der Waals surface area contributed by atoms with Gasteiger partial charge in [-0.2, -0.15) is 9.97 Å². The van der Waals surface area contributed by atoms with E-state index in [0.717, 1.165) is 49.8 Å². The molecule has 4 rings (SSSR count). The Kier molecular flexibility index (Phi) is 17.6. The van der Waals surface area contributed by atoms with Crippen molar-refractivity contribution in [3.63, 3.8) is 0 Å². The second-order valence-electron chi connectivity index (χ2n) is 11.6. The Morgan fingerprint density at radius 1 is 1.14 bits per heavy atom. The topological polar surface area (TPSA) is 212 Å². The summed E-state index contributed by atoms with van der Waals surface area (Å²) in [5, 5.41) is 7.97. The Morgan fingerprint density at radius 2 is 1.92 bits per heavy atom. The van der Waals surface area contributed by atoms with Crippen molar-refractivity contribution >= 4 is 77.3 Å². The zero-order valence-electron chi connectivity index (χ0n) is 28.2. The number of ether oxygens (including phenoxy) is 2. The van der Waals surface area contributed by atoms with Crippen molar-refractivity contribution in [1.82, 2.24) is 30.2 Å². The van der Waals surface area contributed by atoms with E-state index in [4.69, 9.17) is 15.2 Å². The number of esters is 2. The summed E-state index contributed by atoms with van der Waals surface area (Å²) in [4.78, 5) is 69.3. The number of nitrogen functional groups attached to an aromatic ring is 1. The Labute approximate surface area is 306 Å². The number of nitrogens with two attached hydrogens (primary N) is 1. The molecule has 272 valence electrons. The van der Waals surface area contributed by atoms with Crippen molar-refractivity contribution in [3.05, 3.63) is 58.0 Å². The van der Waals surface area contributed by atoms with Crippen LogP contribution in [0.1, 0.15) is 68.3 Å². The molecule has 2 amide bonds. The SMILES string of the molecule is CCCCNc1nc(N)c2[nH]c(=O)n(Cc3ccc(C(=O)NCC(=O)OC4/C=C/CCC(C)CC4)cc3)c2n1.O=CNCC(=O)OCCSI. The Morgan fingerprint density at radius 3 is 2.64 bits per heavy atom. The lowest BCUT2D eigenvalue weighted by atomic mass is 9.95. The average Bonchev–Trinajstić information content (AvgIpc) is 3.41. The van der Waals surface area contributed by atoms with Gasteiger partial charge in [-0.05, 0) is 83.0 Å². The molecule has 2 heterocycles. The fourth-order valence-corrected chi connectivity index (χ4v) is 5.53. The number of aromatic amines is 1. The molecular formula is C33H45IN8O7S. The highest BCUT2D eigenvalue weighted by molar-refractivity contribution is 14.2. The highest BCUT2D eigenvalue weighted by Crippen LogP contribution is 2.20. The van der Waals surface area contributed by atoms with Crippen molar-refractivity contribution in [1.29, 1.82) is 0 Å². The van der Waals surface area contributed by atoms with E-state index in [1.54, 1.807) is 33.2 Å². The molecule has 0 aliphatic heterocycles. The van der Waals surface area contributed by atoms with Gasteiger partial charge in [0.15, 0.2) is 11.5 Å². The van der Waals surface area contributed by atoms with Crippen molar-refractivity contribution in [2.45, 2.75) is 65.0 Å². The molecule has 2 atom stereocenters. The first-order chi connectivity index (χ1) is 24.1. The number of imidazole rings is 1. The molecule has 1 aliphatic rings. The van der Waals surface area contributed by atoms with Crippen LogP contribution in [0.2, 0.25) is 0 Å². The number of fused-ring (bicyclic) bond motifs is 1. The van der Waals surface area contributed by atoms with E-state index in [-0.39, 0.29) is 43.2 Å². The van der Waals surface area contributed by atoms with Crippen LogP contribution < -0.4 is 27.4 Å². The number of benzene rings is 1. The Balaban J connectivity index is 0.000000530. The van der Waals surface area contributed by atoms with Crippen LogP contribution in [0.25, 0.3) is 11.2 Å². The molecule has 15 nitrogen and oxygen atoms in total. The van der Waals surface area contributed by atoms with E-state index < -0.39 is 11.9 Å². The van der Waals surface area contributed by atoms with Crippen LogP contribution in [0, 0.1) is 5.92 Å². The summed E-state index contributed by atoms with van der Waals surface area (Å²) in [6, 6.07) is 6.81. The van der Waals surface area contributed by atoms with Gasteiger partial charge < -0.3 is 36.1 Å². The molecule has 2 aromatic heterocycles. The molecular weight excluding hydrogens is 779 g/mol. The molecule has 50 heavy (non-hydrogen) atoms. The van der Waals surface area contributed by atoms with E-state index in [9.17, 15) is 24.0 Å². The third-order valence-electron chi connectivity index (χ3n) is 7.57. The number of aromatic nitrogens is 4. The number of unbranched alkanes of at least 4 members (excludes halogenated alkanes) is 1. The molecule has 0 fully saturated rings. The van der Waals surface area contributed by atoms with Crippen LogP contribution >= 0.6 is 30.1 Å². The number of nitrogens with one attached hydrogen (secondary N) is 4. The van der Waals surface area contributed by atoms with E-state index in [1.807, 2.05) is 6.08 Å². The number of carbonyl (C=O) groups excluding carboxylic acids is 4. The fraction of sp³-hybridized carbons (Fsp3) is 0.485. The summed E-state index contributed by atoms with van der Waals surface area (Å²) in [5.41, 5.74) is 7.67. The van der Waals surface area contributed by atoms with Crippen LogP contribution in [0.5, 0.6) is 0 Å². The number of nitrogens with zero attached hydrogens (tertiary/aromatic N) is 3. The summed E-state index contributed by atoms with van der Waals surface area (Å²) < 4.78 is 11.7. The molecule has 0 spiro atoms. The Bertz CT molecular complexity index is 1650. The largest absolute Gasteiger partial charge is 0.463 e. The molecule has 0 saturated heterocycles. The number of hydrogen-bond acceptors (Lipinski definition) is 12. The van der Waals surface area contributed by atoms with Crippen molar-refractivity contribution in [3.8, 4) is 0 Å². The lowest BCUT2D eigenvalue weighted by Crippen LogP contribution is -2.32. The highest BCUT2D eigenvalue weighted by atomic mass is 127. The van der Waals surface area contributed by atoms with Gasteiger partial charge in [-0.3, -0.25) is 23.7 Å². The maximum Gasteiger partial charge on any atom is 0.328 e. The number of H-pyrrole nitrogens is 1. The average molecular weight is 825 g/mol. The number of rotatable bonds is 16. The molecule has 0 bridgehead atoms. The first-order valence-electron chi connectivity index (χ1n) is 16.4. The molecule has 0 radical (unpaired) electrons. The third kappa shape index (κ3) is 13.6. The first-order valence-corrected chi connectivity index (χ1v) is 20.0.